The number of alkyl halides is 1. The van der Waals surface area contributed by atoms with Gasteiger partial charge in [-0.25, -0.2) is 0 Å². The molecular formula is C14H16ClNO2. The lowest BCUT2D eigenvalue weighted by molar-refractivity contribution is -0.138. The van der Waals surface area contributed by atoms with E-state index in [1.54, 1.807) is 0 Å². The average molecular weight is 266 g/mol. The highest BCUT2D eigenvalue weighted by Crippen LogP contribution is 2.36. The lowest BCUT2D eigenvalue weighted by Crippen LogP contribution is -2.51. The summed E-state index contributed by atoms with van der Waals surface area (Å²) in [5.41, 5.74) is 0.379. The van der Waals surface area contributed by atoms with Gasteiger partial charge in [-0.3, -0.25) is 14.9 Å². The molecule has 18 heavy (non-hydrogen) atoms. The number of imide groups is 1. The molecule has 1 aromatic carbocycles. The quantitative estimate of drug-likeness (QED) is 0.671. The predicted octanol–water partition coefficient (Wildman–Crippen LogP) is 2.38. The van der Waals surface area contributed by atoms with Gasteiger partial charge in [-0.2, -0.15) is 0 Å². The van der Waals surface area contributed by atoms with E-state index < -0.39 is 5.41 Å². The second-order valence-electron chi connectivity index (χ2n) is 4.62. The summed E-state index contributed by atoms with van der Waals surface area (Å²) < 4.78 is 0. The van der Waals surface area contributed by atoms with Gasteiger partial charge in [0.15, 0.2) is 0 Å². The van der Waals surface area contributed by atoms with E-state index in [2.05, 4.69) is 5.32 Å². The molecule has 0 spiro atoms. The minimum absolute atomic E-state index is 0.183. The van der Waals surface area contributed by atoms with Crippen molar-refractivity contribution < 1.29 is 9.59 Å². The largest absolute Gasteiger partial charge is 0.296 e. The Hall–Kier alpha value is -1.35. The molecule has 0 aliphatic carbocycles. The van der Waals surface area contributed by atoms with Crippen molar-refractivity contribution in [2.45, 2.75) is 31.1 Å². The summed E-state index contributed by atoms with van der Waals surface area (Å²) in [6, 6.07) is 9.65. The Morgan fingerprint density at radius 3 is 2.56 bits per heavy atom. The standard InChI is InChI=1S/C14H16ClNO2/c15-10-4-8-14(11-5-2-1-3-6-11)9-7-12(17)16-13(14)18/h1-3,5-6H,4,7-10H2,(H,16,17,18)/t14-/m0/s1. The zero-order valence-corrected chi connectivity index (χ0v) is 10.9. The fraction of sp³-hybridized carbons (Fsp3) is 0.429. The molecule has 1 N–H and O–H groups in total. The van der Waals surface area contributed by atoms with Crippen LogP contribution in [0.2, 0.25) is 0 Å². The number of hydrogen-bond acceptors (Lipinski definition) is 2. The molecule has 0 aromatic heterocycles. The zero-order valence-electron chi connectivity index (χ0n) is 10.1. The van der Waals surface area contributed by atoms with Crippen LogP contribution in [0.15, 0.2) is 30.3 Å². The Morgan fingerprint density at radius 1 is 1.22 bits per heavy atom. The Kier molecular flexibility index (Phi) is 4.02. The van der Waals surface area contributed by atoms with E-state index in [9.17, 15) is 9.59 Å². The third-order valence-electron chi connectivity index (χ3n) is 3.53. The van der Waals surface area contributed by atoms with Crippen LogP contribution in [-0.4, -0.2) is 17.7 Å². The first-order valence-corrected chi connectivity index (χ1v) is 6.68. The molecule has 1 aliphatic rings. The number of amides is 2. The van der Waals surface area contributed by atoms with Crippen molar-refractivity contribution in [2.75, 3.05) is 5.88 Å². The van der Waals surface area contributed by atoms with Gasteiger partial charge in [-0.15, -0.1) is 11.6 Å². The van der Waals surface area contributed by atoms with Crippen LogP contribution in [0.4, 0.5) is 0 Å². The van der Waals surface area contributed by atoms with Crippen molar-refractivity contribution in [1.29, 1.82) is 0 Å². The van der Waals surface area contributed by atoms with Crippen molar-refractivity contribution in [1.82, 2.24) is 5.32 Å². The fourth-order valence-corrected chi connectivity index (χ4v) is 2.67. The minimum Gasteiger partial charge on any atom is -0.296 e. The van der Waals surface area contributed by atoms with Crippen LogP contribution in [0.5, 0.6) is 0 Å². The molecular weight excluding hydrogens is 250 g/mol. The molecule has 1 atom stereocenters. The normalized spacial score (nSPS) is 23.8. The number of carbonyl (C=O) groups is 2. The summed E-state index contributed by atoms with van der Waals surface area (Å²) in [7, 11) is 0. The molecule has 1 saturated heterocycles. The first-order chi connectivity index (χ1) is 8.69. The van der Waals surface area contributed by atoms with Crippen molar-refractivity contribution >= 4 is 23.4 Å². The van der Waals surface area contributed by atoms with E-state index in [0.717, 1.165) is 12.0 Å². The molecule has 1 heterocycles. The molecule has 1 aliphatic heterocycles. The van der Waals surface area contributed by atoms with Crippen LogP contribution in [0.3, 0.4) is 0 Å². The number of piperidine rings is 1. The molecule has 4 heteroatoms. The number of benzene rings is 1. The smallest absolute Gasteiger partial charge is 0.237 e. The van der Waals surface area contributed by atoms with Crippen molar-refractivity contribution in [3.05, 3.63) is 35.9 Å². The molecule has 0 radical (unpaired) electrons. The summed E-state index contributed by atoms with van der Waals surface area (Å²) in [5, 5.41) is 2.46. The summed E-state index contributed by atoms with van der Waals surface area (Å²) in [4.78, 5) is 23.6. The van der Waals surface area contributed by atoms with Crippen molar-refractivity contribution in [2.24, 2.45) is 0 Å². The molecule has 0 saturated carbocycles. The number of rotatable bonds is 4. The van der Waals surface area contributed by atoms with Gasteiger partial charge >= 0.3 is 0 Å². The summed E-state index contributed by atoms with van der Waals surface area (Å²) in [6.45, 7) is 0. The van der Waals surface area contributed by atoms with Crippen LogP contribution in [0, 0.1) is 0 Å². The van der Waals surface area contributed by atoms with Crippen molar-refractivity contribution in [3.8, 4) is 0 Å². The minimum atomic E-state index is -0.593. The van der Waals surface area contributed by atoms with Crippen LogP contribution < -0.4 is 5.32 Å². The zero-order chi connectivity index (χ0) is 13.0. The van der Waals surface area contributed by atoms with Crippen LogP contribution in [0.25, 0.3) is 0 Å². The van der Waals surface area contributed by atoms with Crippen LogP contribution in [-0.2, 0) is 15.0 Å². The molecule has 1 fully saturated rings. The maximum Gasteiger partial charge on any atom is 0.237 e. The second kappa shape index (κ2) is 5.53. The second-order valence-corrected chi connectivity index (χ2v) is 5.00. The van der Waals surface area contributed by atoms with E-state index in [1.807, 2.05) is 30.3 Å². The summed E-state index contributed by atoms with van der Waals surface area (Å²) in [5.74, 6) is 0.156. The monoisotopic (exact) mass is 265 g/mol. The van der Waals surface area contributed by atoms with E-state index >= 15 is 0 Å². The molecule has 1 aromatic rings. The fourth-order valence-electron chi connectivity index (χ4n) is 2.53. The van der Waals surface area contributed by atoms with Gasteiger partial charge < -0.3 is 0 Å². The Balaban J connectivity index is 2.34. The van der Waals surface area contributed by atoms with Gasteiger partial charge in [0.2, 0.25) is 11.8 Å². The van der Waals surface area contributed by atoms with Gasteiger partial charge in [0.25, 0.3) is 0 Å². The highest BCUT2D eigenvalue weighted by atomic mass is 35.5. The number of hydrogen-bond donors (Lipinski definition) is 1. The Bertz CT molecular complexity index is 446. The average Bonchev–Trinajstić information content (AvgIpc) is 2.39. The molecule has 96 valence electrons. The van der Waals surface area contributed by atoms with Gasteiger partial charge in [0.05, 0.1) is 5.41 Å². The first kappa shape index (κ1) is 13.1. The topological polar surface area (TPSA) is 46.2 Å². The maximum absolute atomic E-state index is 12.3. The summed E-state index contributed by atoms with van der Waals surface area (Å²) >= 11 is 5.75. The van der Waals surface area contributed by atoms with E-state index in [-0.39, 0.29) is 11.8 Å². The van der Waals surface area contributed by atoms with E-state index in [0.29, 0.717) is 25.1 Å². The lowest BCUT2D eigenvalue weighted by Gasteiger charge is -2.35. The van der Waals surface area contributed by atoms with E-state index in [4.69, 9.17) is 11.6 Å². The molecule has 2 rings (SSSR count). The van der Waals surface area contributed by atoms with Gasteiger partial charge in [-0.1, -0.05) is 30.3 Å². The molecule has 0 bridgehead atoms. The number of carbonyl (C=O) groups excluding carboxylic acids is 2. The third kappa shape index (κ3) is 2.41. The molecule has 0 unspecified atom stereocenters. The number of halogens is 1. The predicted molar refractivity (Wildman–Crippen MR) is 70.5 cm³/mol. The maximum atomic E-state index is 12.3. The SMILES string of the molecule is O=C1CC[C@@](CCCCl)(c2ccccc2)C(=O)N1. The highest BCUT2D eigenvalue weighted by molar-refractivity contribution is 6.17. The molecule has 2 amide bonds. The van der Waals surface area contributed by atoms with E-state index in [1.165, 1.54) is 0 Å². The summed E-state index contributed by atoms with van der Waals surface area (Å²) in [6.07, 6.45) is 2.40. The van der Waals surface area contributed by atoms with Gasteiger partial charge in [0, 0.05) is 12.3 Å². The number of nitrogens with one attached hydrogen (secondary N) is 1. The molecule has 3 nitrogen and oxygen atoms in total. The van der Waals surface area contributed by atoms with Gasteiger partial charge in [0.1, 0.15) is 0 Å². The van der Waals surface area contributed by atoms with Crippen LogP contribution in [0.1, 0.15) is 31.2 Å². The Labute approximate surface area is 112 Å². The highest BCUT2D eigenvalue weighted by Gasteiger charge is 2.43. The third-order valence-corrected chi connectivity index (χ3v) is 3.80. The first-order valence-electron chi connectivity index (χ1n) is 6.15. The van der Waals surface area contributed by atoms with Gasteiger partial charge in [-0.05, 0) is 24.8 Å². The lowest BCUT2D eigenvalue weighted by atomic mass is 9.71. The van der Waals surface area contributed by atoms with Crippen molar-refractivity contribution in [3.63, 3.8) is 0 Å². The van der Waals surface area contributed by atoms with Crippen LogP contribution >= 0.6 is 11.6 Å². The Morgan fingerprint density at radius 2 is 1.94 bits per heavy atom.